The number of rotatable bonds is 3. The van der Waals surface area contributed by atoms with Crippen molar-refractivity contribution in [2.45, 2.75) is 31.8 Å². The molecule has 1 N–H and O–H groups in total. The maximum Gasteiger partial charge on any atom is 0.236 e. The molecule has 0 radical (unpaired) electrons. The summed E-state index contributed by atoms with van der Waals surface area (Å²) in [5, 5.41) is 10.1. The molecule has 26 heavy (non-hydrogen) atoms. The van der Waals surface area contributed by atoms with Crippen LogP contribution in [0.15, 0.2) is 30.3 Å². The Bertz CT molecular complexity index is 614. The molecule has 2 aliphatic heterocycles. The number of likely N-dealkylation sites (tertiary alicyclic amines) is 1. The van der Waals surface area contributed by atoms with Gasteiger partial charge in [-0.25, -0.2) is 0 Å². The largest absolute Gasteiger partial charge is 0.389 e. The van der Waals surface area contributed by atoms with E-state index < -0.39 is 6.10 Å². The Balaban J connectivity index is 1.49. The normalized spacial score (nSPS) is 22.9. The third kappa shape index (κ3) is 4.83. The molecule has 0 saturated carbocycles. The minimum atomic E-state index is -0.672. The van der Waals surface area contributed by atoms with Crippen molar-refractivity contribution in [1.82, 2.24) is 14.7 Å². The molecular weight excluding hydrogens is 330 g/mol. The summed E-state index contributed by atoms with van der Waals surface area (Å²) in [5.74, 6) is 0.570. The van der Waals surface area contributed by atoms with Crippen LogP contribution in [0.3, 0.4) is 0 Å². The SMILES string of the molecule is CC(=O)N1CCN(C(=O)CN2CCC(c3ccccc3)CC2)C[C@@H](O)C1. The van der Waals surface area contributed by atoms with Crippen LogP contribution in [0, 0.1) is 0 Å². The molecule has 0 aliphatic carbocycles. The lowest BCUT2D eigenvalue weighted by molar-refractivity contribution is -0.134. The second-order valence-corrected chi connectivity index (χ2v) is 7.42. The lowest BCUT2D eigenvalue weighted by Gasteiger charge is -2.33. The van der Waals surface area contributed by atoms with Crippen molar-refractivity contribution in [3.8, 4) is 0 Å². The van der Waals surface area contributed by atoms with E-state index >= 15 is 0 Å². The molecule has 6 heteroatoms. The number of amides is 2. The summed E-state index contributed by atoms with van der Waals surface area (Å²) in [7, 11) is 0. The zero-order valence-electron chi connectivity index (χ0n) is 15.5. The minimum absolute atomic E-state index is 0.0487. The van der Waals surface area contributed by atoms with Gasteiger partial charge in [-0.15, -0.1) is 0 Å². The van der Waals surface area contributed by atoms with E-state index in [9.17, 15) is 14.7 Å². The maximum atomic E-state index is 12.7. The van der Waals surface area contributed by atoms with Crippen LogP contribution in [0.5, 0.6) is 0 Å². The van der Waals surface area contributed by atoms with Crippen molar-refractivity contribution < 1.29 is 14.7 Å². The van der Waals surface area contributed by atoms with Crippen molar-refractivity contribution in [2.24, 2.45) is 0 Å². The molecule has 0 spiro atoms. The van der Waals surface area contributed by atoms with Crippen LogP contribution >= 0.6 is 0 Å². The van der Waals surface area contributed by atoms with E-state index in [0.29, 0.717) is 38.6 Å². The summed E-state index contributed by atoms with van der Waals surface area (Å²) < 4.78 is 0. The smallest absolute Gasteiger partial charge is 0.236 e. The first-order valence-electron chi connectivity index (χ1n) is 9.51. The van der Waals surface area contributed by atoms with Gasteiger partial charge in [-0.05, 0) is 37.4 Å². The first-order chi connectivity index (χ1) is 12.5. The first kappa shape index (κ1) is 18.9. The van der Waals surface area contributed by atoms with Gasteiger partial charge in [-0.1, -0.05) is 30.3 Å². The van der Waals surface area contributed by atoms with E-state index in [-0.39, 0.29) is 11.8 Å². The number of hydrogen-bond acceptors (Lipinski definition) is 4. The van der Waals surface area contributed by atoms with Gasteiger partial charge in [0.05, 0.1) is 12.6 Å². The fourth-order valence-corrected chi connectivity index (χ4v) is 3.94. The van der Waals surface area contributed by atoms with E-state index in [1.54, 1.807) is 9.80 Å². The fourth-order valence-electron chi connectivity index (χ4n) is 3.94. The van der Waals surface area contributed by atoms with Crippen LogP contribution in [0.25, 0.3) is 0 Å². The second-order valence-electron chi connectivity index (χ2n) is 7.42. The summed E-state index contributed by atoms with van der Waals surface area (Å²) in [6, 6.07) is 10.6. The molecule has 2 heterocycles. The highest BCUT2D eigenvalue weighted by Crippen LogP contribution is 2.27. The van der Waals surface area contributed by atoms with E-state index in [0.717, 1.165) is 25.9 Å². The monoisotopic (exact) mass is 359 g/mol. The molecule has 2 amide bonds. The number of benzene rings is 1. The van der Waals surface area contributed by atoms with E-state index in [4.69, 9.17) is 0 Å². The van der Waals surface area contributed by atoms with Gasteiger partial charge < -0.3 is 14.9 Å². The van der Waals surface area contributed by atoms with Crippen LogP contribution in [-0.4, -0.2) is 83.5 Å². The molecule has 6 nitrogen and oxygen atoms in total. The maximum absolute atomic E-state index is 12.7. The predicted octanol–water partition coefficient (Wildman–Crippen LogP) is 0.918. The molecular formula is C20H29N3O3. The molecule has 0 bridgehead atoms. The lowest BCUT2D eigenvalue weighted by atomic mass is 9.89. The van der Waals surface area contributed by atoms with Gasteiger partial charge in [0.15, 0.2) is 0 Å². The van der Waals surface area contributed by atoms with Gasteiger partial charge in [0.1, 0.15) is 0 Å². The fraction of sp³-hybridized carbons (Fsp3) is 0.600. The third-order valence-electron chi connectivity index (χ3n) is 5.52. The molecule has 0 unspecified atom stereocenters. The number of β-amino-alcohol motifs (C(OH)–C–C–N with tert-alkyl or cyclic N) is 1. The average molecular weight is 359 g/mol. The van der Waals surface area contributed by atoms with Crippen LogP contribution in [0.4, 0.5) is 0 Å². The zero-order valence-corrected chi connectivity index (χ0v) is 15.5. The van der Waals surface area contributed by atoms with Crippen LogP contribution in [0.2, 0.25) is 0 Å². The summed E-state index contributed by atoms with van der Waals surface area (Å²) in [6.07, 6.45) is 1.46. The van der Waals surface area contributed by atoms with Gasteiger partial charge in [0.25, 0.3) is 0 Å². The zero-order chi connectivity index (χ0) is 18.5. The molecule has 1 aromatic rings. The summed E-state index contributed by atoms with van der Waals surface area (Å²) >= 11 is 0. The van der Waals surface area contributed by atoms with Gasteiger partial charge >= 0.3 is 0 Å². The van der Waals surface area contributed by atoms with Crippen molar-refractivity contribution >= 4 is 11.8 Å². The minimum Gasteiger partial charge on any atom is -0.389 e. The van der Waals surface area contributed by atoms with Crippen molar-refractivity contribution in [3.05, 3.63) is 35.9 Å². The van der Waals surface area contributed by atoms with Crippen molar-refractivity contribution in [2.75, 3.05) is 45.8 Å². The van der Waals surface area contributed by atoms with E-state index in [2.05, 4.69) is 29.2 Å². The second kappa shape index (κ2) is 8.64. The highest BCUT2D eigenvalue weighted by Gasteiger charge is 2.28. The molecule has 3 rings (SSSR count). The Kier molecular flexibility index (Phi) is 6.27. The van der Waals surface area contributed by atoms with Crippen LogP contribution in [-0.2, 0) is 9.59 Å². The van der Waals surface area contributed by atoms with Gasteiger partial charge in [0, 0.05) is 33.1 Å². The molecule has 142 valence electrons. The number of aliphatic hydroxyl groups is 1. The van der Waals surface area contributed by atoms with Crippen LogP contribution < -0.4 is 0 Å². The summed E-state index contributed by atoms with van der Waals surface area (Å²) in [6.45, 7) is 5.34. The van der Waals surface area contributed by atoms with Gasteiger partial charge in [-0.2, -0.15) is 0 Å². The van der Waals surface area contributed by atoms with Crippen molar-refractivity contribution in [3.63, 3.8) is 0 Å². The number of nitrogens with zero attached hydrogens (tertiary/aromatic N) is 3. The number of aliphatic hydroxyl groups excluding tert-OH is 1. The Hall–Kier alpha value is -1.92. The molecule has 1 atom stereocenters. The molecule has 2 fully saturated rings. The number of piperidine rings is 1. The van der Waals surface area contributed by atoms with Crippen LogP contribution in [0.1, 0.15) is 31.2 Å². The number of hydrogen-bond donors (Lipinski definition) is 1. The predicted molar refractivity (Wildman–Crippen MR) is 99.7 cm³/mol. The topological polar surface area (TPSA) is 64.1 Å². The van der Waals surface area contributed by atoms with Gasteiger partial charge in [-0.3, -0.25) is 14.5 Å². The highest BCUT2D eigenvalue weighted by molar-refractivity contribution is 5.78. The van der Waals surface area contributed by atoms with E-state index in [1.807, 2.05) is 6.07 Å². The quantitative estimate of drug-likeness (QED) is 0.872. The van der Waals surface area contributed by atoms with Gasteiger partial charge in [0.2, 0.25) is 11.8 Å². The van der Waals surface area contributed by atoms with E-state index in [1.165, 1.54) is 12.5 Å². The Morgan fingerprint density at radius 1 is 1.00 bits per heavy atom. The number of carbonyl (C=O) groups is 2. The molecule has 0 aromatic heterocycles. The standard InChI is InChI=1S/C20H29N3O3/c1-16(24)22-11-12-23(14-19(25)13-22)20(26)15-21-9-7-18(8-10-21)17-5-3-2-4-6-17/h2-6,18-19,25H,7-15H2,1H3/t19-/m0/s1. The highest BCUT2D eigenvalue weighted by atomic mass is 16.3. The molecule has 2 aliphatic rings. The Labute approximate surface area is 155 Å². The Morgan fingerprint density at radius 3 is 2.27 bits per heavy atom. The number of carbonyl (C=O) groups excluding carboxylic acids is 2. The summed E-state index contributed by atoms with van der Waals surface area (Å²) in [5.41, 5.74) is 1.39. The molecule has 2 saturated heterocycles. The first-order valence-corrected chi connectivity index (χ1v) is 9.51. The molecule has 1 aromatic carbocycles. The Morgan fingerprint density at radius 2 is 1.62 bits per heavy atom. The van der Waals surface area contributed by atoms with Crippen molar-refractivity contribution in [1.29, 1.82) is 0 Å². The lowest BCUT2D eigenvalue weighted by Crippen LogP contribution is -2.45. The third-order valence-corrected chi connectivity index (χ3v) is 5.52. The summed E-state index contributed by atoms with van der Waals surface area (Å²) in [4.78, 5) is 29.7. The average Bonchev–Trinajstić information content (AvgIpc) is 2.85.